The number of ether oxygens (including phenoxy) is 1. The van der Waals surface area contributed by atoms with Gasteiger partial charge < -0.3 is 4.74 Å². The number of carbonyl (C=O) groups excluding carboxylic acids is 2. The van der Waals surface area contributed by atoms with Crippen LogP contribution in [-0.4, -0.2) is 92.9 Å². The van der Waals surface area contributed by atoms with E-state index in [1.54, 1.807) is 41.5 Å². The predicted octanol–water partition coefficient (Wildman–Crippen LogP) is 0.851. The number of hydrogen-bond acceptors (Lipinski definition) is 3. The van der Waals surface area contributed by atoms with Crippen molar-refractivity contribution in [2.75, 3.05) is 0 Å². The Morgan fingerprint density at radius 1 is 0.800 bits per heavy atom. The molecule has 0 bridgehead atoms. The second-order valence-corrected chi connectivity index (χ2v) is 5.18. The molecule has 0 heterocycles. The van der Waals surface area contributed by atoms with E-state index in [1.807, 2.05) is 0 Å². The van der Waals surface area contributed by atoms with Gasteiger partial charge in [0.25, 0.3) is 0 Å². The first-order chi connectivity index (χ1) is 5.55. The summed E-state index contributed by atoms with van der Waals surface area (Å²) in [6.45, 7) is 10.3. The summed E-state index contributed by atoms with van der Waals surface area (Å²) in [5.74, 6) is -0.958. The van der Waals surface area contributed by atoms with Gasteiger partial charge in [-0.3, -0.25) is 9.59 Å². The fraction of sp³-hybridized carbons (Fsp3) is 0.800. The molecule has 0 saturated carbocycles. The molecule has 15 heavy (non-hydrogen) atoms. The van der Waals surface area contributed by atoms with Gasteiger partial charge in [0.2, 0.25) is 0 Å². The molecule has 0 aromatic heterocycles. The Labute approximate surface area is 157 Å². The van der Waals surface area contributed by atoms with Crippen LogP contribution >= 0.6 is 0 Å². The Morgan fingerprint density at radius 2 is 1.00 bits per heavy atom. The summed E-state index contributed by atoms with van der Waals surface area (Å²) >= 11 is 0. The molecule has 0 spiro atoms. The summed E-state index contributed by atoms with van der Waals surface area (Å²) < 4.78 is 4.70. The van der Waals surface area contributed by atoms with Crippen LogP contribution in [-0.2, 0) is 14.3 Å². The van der Waals surface area contributed by atoms with E-state index in [9.17, 15) is 9.59 Å². The van der Waals surface area contributed by atoms with Crippen LogP contribution < -0.4 is 0 Å². The molecular weight excluding hydrogens is 230 g/mol. The van der Waals surface area contributed by atoms with Crippen molar-refractivity contribution in [1.82, 2.24) is 0 Å². The molecule has 0 aliphatic rings. The van der Waals surface area contributed by atoms with Crippen LogP contribution in [0.1, 0.15) is 41.5 Å². The van der Waals surface area contributed by atoms with E-state index in [-0.39, 0.29) is 80.9 Å². The predicted molar refractivity (Wildman–Crippen MR) is 64.3 cm³/mol. The van der Waals surface area contributed by atoms with Crippen molar-refractivity contribution in [3.63, 3.8) is 0 Å². The Balaban J connectivity index is -0.000000720. The summed E-state index contributed by atoms with van der Waals surface area (Å²) in [6.07, 6.45) is 0. The molecule has 0 radical (unpaired) electrons. The normalized spacial score (nSPS) is 10.8. The molecule has 0 N–H and O–H groups in total. The third-order valence-electron chi connectivity index (χ3n) is 1.41. The van der Waals surface area contributed by atoms with Crippen molar-refractivity contribution in [1.29, 1.82) is 0 Å². The fourth-order valence-electron chi connectivity index (χ4n) is 0.390. The van der Waals surface area contributed by atoms with Crippen LogP contribution in [0.5, 0.6) is 0 Å². The van der Waals surface area contributed by atoms with Crippen molar-refractivity contribution < 1.29 is 14.3 Å². The average Bonchev–Trinajstić information content (AvgIpc) is 1.82. The minimum atomic E-state index is -0.624. The third-order valence-corrected chi connectivity index (χ3v) is 1.41. The molecule has 0 atom stereocenters. The molecule has 0 saturated heterocycles. The maximum absolute atomic E-state index is 11.3. The van der Waals surface area contributed by atoms with Crippen molar-refractivity contribution in [3.8, 4) is 0 Å². The second kappa shape index (κ2) is 7.98. The monoisotopic (exact) mass is 250 g/mol. The Morgan fingerprint density at radius 3 is 1.13 bits per heavy atom. The molecule has 3 nitrogen and oxygen atoms in total. The number of hydrogen-bond donors (Lipinski definition) is 0. The first-order valence-corrected chi connectivity index (χ1v) is 4.32. The van der Waals surface area contributed by atoms with Crippen molar-refractivity contribution in [2.24, 2.45) is 10.8 Å². The van der Waals surface area contributed by atoms with Gasteiger partial charge in [-0.15, -0.1) is 0 Å². The van der Waals surface area contributed by atoms with Crippen molar-refractivity contribution in [3.05, 3.63) is 0 Å². The quantitative estimate of drug-likeness (QED) is 0.364. The molecule has 0 aliphatic heterocycles. The molecule has 0 aliphatic carbocycles. The Kier molecular flexibility index (Phi) is 11.7. The first kappa shape index (κ1) is 22.0. The SMILES string of the molecule is CC(C)(C)C(=O)OC(=O)C(C)(C)C.[KH].[NaH]. The Bertz CT molecular complexity index is 202. The van der Waals surface area contributed by atoms with Gasteiger partial charge in [-0.1, -0.05) is 0 Å². The van der Waals surface area contributed by atoms with Gasteiger partial charge in [0, 0.05) is 0 Å². The molecule has 0 amide bonds. The summed E-state index contributed by atoms with van der Waals surface area (Å²) in [5, 5.41) is 0. The van der Waals surface area contributed by atoms with Crippen LogP contribution in [0.15, 0.2) is 0 Å². The third kappa shape index (κ3) is 9.48. The van der Waals surface area contributed by atoms with Gasteiger partial charge in [0.05, 0.1) is 10.8 Å². The maximum atomic E-state index is 11.3. The van der Waals surface area contributed by atoms with E-state index in [2.05, 4.69) is 0 Å². The molecule has 0 aromatic carbocycles. The summed E-state index contributed by atoms with van der Waals surface area (Å²) in [6, 6.07) is 0. The van der Waals surface area contributed by atoms with Crippen molar-refractivity contribution >= 4 is 92.9 Å². The fourth-order valence-corrected chi connectivity index (χ4v) is 0.390. The van der Waals surface area contributed by atoms with Crippen LogP contribution in [0.4, 0.5) is 0 Å². The molecule has 0 fully saturated rings. The van der Waals surface area contributed by atoms with Crippen LogP contribution in [0.3, 0.4) is 0 Å². The number of carbonyl (C=O) groups is 2. The van der Waals surface area contributed by atoms with Gasteiger partial charge >= 0.3 is 92.9 Å². The molecule has 0 unspecified atom stereocenters. The number of esters is 2. The first-order valence-electron chi connectivity index (χ1n) is 4.32. The van der Waals surface area contributed by atoms with Crippen LogP contribution in [0, 0.1) is 10.8 Å². The summed E-state index contributed by atoms with van der Waals surface area (Å²) in [7, 11) is 0. The van der Waals surface area contributed by atoms with Crippen molar-refractivity contribution in [2.45, 2.75) is 41.5 Å². The number of rotatable bonds is 0. The van der Waals surface area contributed by atoms with E-state index < -0.39 is 22.8 Å². The standard InChI is InChI=1S/C10H18O3.K.Na.2H/c1-9(2,3)7(11)13-8(12)10(4,5)6;;;;/h1-6H3;;;;. The van der Waals surface area contributed by atoms with E-state index >= 15 is 0 Å². The molecule has 80 valence electrons. The van der Waals surface area contributed by atoms with Crippen LogP contribution in [0.2, 0.25) is 0 Å². The topological polar surface area (TPSA) is 43.4 Å². The van der Waals surface area contributed by atoms with Gasteiger partial charge in [-0.25, -0.2) is 0 Å². The van der Waals surface area contributed by atoms with Crippen LogP contribution in [0.25, 0.3) is 0 Å². The van der Waals surface area contributed by atoms with Gasteiger partial charge in [0.1, 0.15) is 0 Å². The zero-order chi connectivity index (χ0) is 10.9. The zero-order valence-electron chi connectivity index (χ0n) is 9.22. The second-order valence-electron chi connectivity index (χ2n) is 5.18. The Hall–Kier alpha value is 1.78. The van der Waals surface area contributed by atoms with E-state index in [4.69, 9.17) is 4.74 Å². The van der Waals surface area contributed by atoms with Gasteiger partial charge in [-0.05, 0) is 41.5 Å². The van der Waals surface area contributed by atoms with E-state index in [0.717, 1.165) is 0 Å². The van der Waals surface area contributed by atoms with E-state index in [1.165, 1.54) is 0 Å². The molecular formula is C10H20KNaO3. The van der Waals surface area contributed by atoms with Gasteiger partial charge in [-0.2, -0.15) is 0 Å². The van der Waals surface area contributed by atoms with E-state index in [0.29, 0.717) is 0 Å². The molecule has 0 aromatic rings. The zero-order valence-corrected chi connectivity index (χ0v) is 9.22. The minimum absolute atomic E-state index is 0. The summed E-state index contributed by atoms with van der Waals surface area (Å²) in [4.78, 5) is 22.6. The van der Waals surface area contributed by atoms with Gasteiger partial charge in [0.15, 0.2) is 0 Å². The molecule has 5 heteroatoms. The molecule has 0 rings (SSSR count). The average molecular weight is 250 g/mol. The summed E-state index contributed by atoms with van der Waals surface area (Å²) in [5.41, 5.74) is -1.25.